The van der Waals surface area contributed by atoms with Gasteiger partial charge in [0.2, 0.25) is 0 Å². The van der Waals surface area contributed by atoms with Gasteiger partial charge in [-0.05, 0) is 30.4 Å². The van der Waals surface area contributed by atoms with Crippen molar-refractivity contribution < 1.29 is 13.9 Å². The summed E-state index contributed by atoms with van der Waals surface area (Å²) in [7, 11) is 0. The molecule has 3 N–H and O–H groups in total. The molecular weight excluding hydrogens is 305 g/mol. The van der Waals surface area contributed by atoms with Gasteiger partial charge in [-0.3, -0.25) is 15.6 Å². The molecule has 0 atom stereocenters. The van der Waals surface area contributed by atoms with Crippen LogP contribution >= 0.6 is 23.8 Å². The van der Waals surface area contributed by atoms with Crippen molar-refractivity contribution in [3.63, 3.8) is 0 Å². The van der Waals surface area contributed by atoms with E-state index in [4.69, 9.17) is 28.6 Å². The average Bonchev–Trinajstić information content (AvgIpc) is 2.41. The van der Waals surface area contributed by atoms with Crippen LogP contribution in [0.3, 0.4) is 0 Å². The van der Waals surface area contributed by atoms with Gasteiger partial charge in [-0.25, -0.2) is 4.39 Å². The van der Waals surface area contributed by atoms with Crippen LogP contribution in [0.15, 0.2) is 30.9 Å². The Bertz CT molecular complexity index is 513. The lowest BCUT2D eigenvalue weighted by molar-refractivity contribution is -0.123. The topological polar surface area (TPSA) is 62.4 Å². The zero-order valence-corrected chi connectivity index (χ0v) is 12.0. The summed E-state index contributed by atoms with van der Waals surface area (Å²) in [4.78, 5) is 11.4. The van der Waals surface area contributed by atoms with Crippen molar-refractivity contribution in [1.29, 1.82) is 0 Å². The first-order valence-corrected chi connectivity index (χ1v) is 6.33. The van der Waals surface area contributed by atoms with E-state index in [0.717, 1.165) is 6.07 Å². The number of benzene rings is 1. The summed E-state index contributed by atoms with van der Waals surface area (Å²) in [5.74, 6) is -0.726. The molecule has 0 spiro atoms. The minimum absolute atomic E-state index is 0.0916. The summed E-state index contributed by atoms with van der Waals surface area (Å²) >= 11 is 10.6. The molecule has 0 bridgehead atoms. The second-order valence-corrected chi connectivity index (χ2v) is 4.35. The number of halogens is 2. The number of hydrazine groups is 1. The summed E-state index contributed by atoms with van der Waals surface area (Å²) in [6.45, 7) is 3.70. The molecule has 1 rings (SSSR count). The molecule has 0 fully saturated rings. The van der Waals surface area contributed by atoms with Gasteiger partial charge >= 0.3 is 0 Å². The molecular formula is C12H13ClFN3O2S. The number of ether oxygens (including phenoxy) is 1. The van der Waals surface area contributed by atoms with Gasteiger partial charge in [0.25, 0.3) is 5.91 Å². The van der Waals surface area contributed by atoms with Crippen molar-refractivity contribution in [2.45, 2.75) is 0 Å². The van der Waals surface area contributed by atoms with Gasteiger partial charge in [0.1, 0.15) is 11.6 Å². The minimum Gasteiger partial charge on any atom is -0.482 e. The third-order valence-electron chi connectivity index (χ3n) is 1.98. The molecule has 5 nitrogen and oxygen atoms in total. The predicted octanol–water partition coefficient (Wildman–Crippen LogP) is 1.54. The molecule has 1 aromatic rings. The standard InChI is InChI=1S/C12H13ClFN3O2S/c1-2-5-15-12(20)17-16-11(18)7-19-10-4-3-8(14)6-9(10)13/h2-4,6H,1,5,7H2,(H,16,18)(H2,15,17,20). The zero-order chi connectivity index (χ0) is 15.0. The molecule has 108 valence electrons. The fourth-order valence-corrected chi connectivity index (χ4v) is 1.46. The van der Waals surface area contributed by atoms with Crippen LogP contribution in [-0.4, -0.2) is 24.2 Å². The highest BCUT2D eigenvalue weighted by Gasteiger charge is 2.07. The Kier molecular flexibility index (Phi) is 6.75. The van der Waals surface area contributed by atoms with E-state index in [1.165, 1.54) is 12.1 Å². The van der Waals surface area contributed by atoms with Crippen molar-refractivity contribution in [3.8, 4) is 5.75 Å². The van der Waals surface area contributed by atoms with Crippen molar-refractivity contribution in [3.05, 3.63) is 41.7 Å². The van der Waals surface area contributed by atoms with Crippen LogP contribution in [0, 0.1) is 5.82 Å². The number of nitrogens with one attached hydrogen (secondary N) is 3. The maximum atomic E-state index is 12.8. The van der Waals surface area contributed by atoms with E-state index in [1.807, 2.05) is 0 Å². The first kappa shape index (κ1) is 16.2. The molecule has 1 amide bonds. The van der Waals surface area contributed by atoms with Crippen LogP contribution in [0.1, 0.15) is 0 Å². The molecule has 1 aromatic carbocycles. The number of carbonyl (C=O) groups is 1. The van der Waals surface area contributed by atoms with Gasteiger partial charge in [0.15, 0.2) is 11.7 Å². The number of rotatable bonds is 5. The normalized spacial score (nSPS) is 9.50. The monoisotopic (exact) mass is 317 g/mol. The van der Waals surface area contributed by atoms with Gasteiger partial charge in [-0.2, -0.15) is 0 Å². The fraction of sp³-hybridized carbons (Fsp3) is 0.167. The second kappa shape index (κ2) is 8.34. The Balaban J connectivity index is 2.32. The lowest BCUT2D eigenvalue weighted by Crippen LogP contribution is -2.48. The van der Waals surface area contributed by atoms with Crippen molar-refractivity contribution >= 4 is 34.8 Å². The Morgan fingerprint density at radius 3 is 2.90 bits per heavy atom. The number of hydrogen-bond acceptors (Lipinski definition) is 3. The molecule has 0 saturated carbocycles. The SMILES string of the molecule is C=CCNC(=S)NNC(=O)COc1ccc(F)cc1Cl. The van der Waals surface area contributed by atoms with Gasteiger partial charge in [-0.15, -0.1) is 6.58 Å². The highest BCUT2D eigenvalue weighted by molar-refractivity contribution is 7.80. The Morgan fingerprint density at radius 1 is 1.50 bits per heavy atom. The highest BCUT2D eigenvalue weighted by Crippen LogP contribution is 2.24. The number of carbonyl (C=O) groups excluding carboxylic acids is 1. The van der Waals surface area contributed by atoms with E-state index in [0.29, 0.717) is 6.54 Å². The van der Waals surface area contributed by atoms with E-state index in [-0.39, 0.29) is 22.5 Å². The van der Waals surface area contributed by atoms with Crippen molar-refractivity contribution in [2.75, 3.05) is 13.2 Å². The van der Waals surface area contributed by atoms with Crippen molar-refractivity contribution in [1.82, 2.24) is 16.2 Å². The first-order valence-electron chi connectivity index (χ1n) is 5.54. The van der Waals surface area contributed by atoms with Crippen LogP contribution in [0.2, 0.25) is 5.02 Å². The molecule has 0 heterocycles. The summed E-state index contributed by atoms with van der Waals surface area (Å²) in [5.41, 5.74) is 4.80. The van der Waals surface area contributed by atoms with Gasteiger partial charge < -0.3 is 10.1 Å². The Hall–Kier alpha value is -1.86. The molecule has 0 saturated heterocycles. The number of hydrogen-bond donors (Lipinski definition) is 3. The molecule has 8 heteroatoms. The maximum Gasteiger partial charge on any atom is 0.276 e. The van der Waals surface area contributed by atoms with Crippen molar-refractivity contribution in [2.24, 2.45) is 0 Å². The van der Waals surface area contributed by atoms with Gasteiger partial charge in [-0.1, -0.05) is 17.7 Å². The molecule has 0 aromatic heterocycles. The highest BCUT2D eigenvalue weighted by atomic mass is 35.5. The second-order valence-electron chi connectivity index (χ2n) is 3.54. The molecule has 20 heavy (non-hydrogen) atoms. The summed E-state index contributed by atoms with van der Waals surface area (Å²) < 4.78 is 17.9. The Morgan fingerprint density at radius 2 is 2.25 bits per heavy atom. The van der Waals surface area contributed by atoms with Gasteiger partial charge in [0.05, 0.1) is 5.02 Å². The lowest BCUT2D eigenvalue weighted by Gasteiger charge is -2.11. The van der Waals surface area contributed by atoms with E-state index in [9.17, 15) is 9.18 Å². The summed E-state index contributed by atoms with van der Waals surface area (Å²) in [6, 6.07) is 3.63. The largest absolute Gasteiger partial charge is 0.482 e. The third kappa shape index (κ3) is 5.85. The van der Waals surface area contributed by atoms with E-state index in [2.05, 4.69) is 22.7 Å². The quantitative estimate of drug-likeness (QED) is 0.437. The lowest BCUT2D eigenvalue weighted by atomic mass is 10.3. The predicted molar refractivity (Wildman–Crippen MR) is 79.0 cm³/mol. The number of amides is 1. The molecule has 0 aliphatic rings. The van der Waals surface area contributed by atoms with Crippen LogP contribution in [0.25, 0.3) is 0 Å². The van der Waals surface area contributed by atoms with Crippen LogP contribution in [-0.2, 0) is 4.79 Å². The van der Waals surface area contributed by atoms with Crippen LogP contribution in [0.5, 0.6) is 5.75 Å². The van der Waals surface area contributed by atoms with E-state index >= 15 is 0 Å². The van der Waals surface area contributed by atoms with Crippen LogP contribution < -0.4 is 20.9 Å². The molecule has 0 radical (unpaired) electrons. The minimum atomic E-state index is -0.480. The molecule has 0 unspecified atom stereocenters. The average molecular weight is 318 g/mol. The zero-order valence-electron chi connectivity index (χ0n) is 10.4. The Labute approximate surface area is 126 Å². The summed E-state index contributed by atoms with van der Waals surface area (Å²) in [5, 5.41) is 3.10. The van der Waals surface area contributed by atoms with E-state index in [1.54, 1.807) is 6.08 Å². The van der Waals surface area contributed by atoms with Crippen LogP contribution in [0.4, 0.5) is 4.39 Å². The van der Waals surface area contributed by atoms with Gasteiger partial charge in [0, 0.05) is 6.54 Å². The molecule has 0 aliphatic heterocycles. The summed E-state index contributed by atoms with van der Waals surface area (Å²) in [6.07, 6.45) is 1.62. The first-order chi connectivity index (χ1) is 9.52. The number of thiocarbonyl (C=S) groups is 1. The smallest absolute Gasteiger partial charge is 0.276 e. The maximum absolute atomic E-state index is 12.8. The van der Waals surface area contributed by atoms with E-state index < -0.39 is 11.7 Å². The third-order valence-corrected chi connectivity index (χ3v) is 2.52. The molecule has 0 aliphatic carbocycles. The fourth-order valence-electron chi connectivity index (χ4n) is 1.11.